The van der Waals surface area contributed by atoms with Crippen LogP contribution in [0.1, 0.15) is 12.5 Å². The van der Waals surface area contributed by atoms with Crippen LogP contribution >= 0.6 is 0 Å². The van der Waals surface area contributed by atoms with E-state index in [1.807, 2.05) is 25.1 Å². The fraction of sp³-hybridized carbons (Fsp3) is 0.333. The van der Waals surface area contributed by atoms with E-state index in [-0.39, 0.29) is 0 Å². The SMILES string of the molecule is C=CCOc1ccc(OC)c(OCC)c1CC=C. The van der Waals surface area contributed by atoms with Gasteiger partial charge in [0.2, 0.25) is 0 Å². The third-order valence-corrected chi connectivity index (χ3v) is 2.40. The van der Waals surface area contributed by atoms with Gasteiger partial charge < -0.3 is 14.2 Å². The second-order valence-corrected chi connectivity index (χ2v) is 3.60. The molecule has 0 aromatic heterocycles. The first-order valence-electron chi connectivity index (χ1n) is 5.95. The first-order chi connectivity index (χ1) is 8.78. The second-order valence-electron chi connectivity index (χ2n) is 3.60. The molecule has 0 aliphatic carbocycles. The predicted octanol–water partition coefficient (Wildman–Crippen LogP) is 3.39. The van der Waals surface area contributed by atoms with Crippen LogP contribution in [0.4, 0.5) is 0 Å². The number of hydrogen-bond donors (Lipinski definition) is 0. The van der Waals surface area contributed by atoms with Gasteiger partial charge >= 0.3 is 0 Å². The van der Waals surface area contributed by atoms with E-state index in [2.05, 4.69) is 13.2 Å². The molecule has 0 saturated heterocycles. The molecule has 1 rings (SSSR count). The zero-order chi connectivity index (χ0) is 13.4. The number of benzene rings is 1. The van der Waals surface area contributed by atoms with Gasteiger partial charge in [-0.3, -0.25) is 0 Å². The van der Waals surface area contributed by atoms with Crippen LogP contribution in [0.3, 0.4) is 0 Å². The molecule has 0 aliphatic rings. The summed E-state index contributed by atoms with van der Waals surface area (Å²) in [5, 5.41) is 0. The van der Waals surface area contributed by atoms with Crippen molar-refractivity contribution < 1.29 is 14.2 Å². The molecule has 0 spiro atoms. The minimum atomic E-state index is 0.460. The Morgan fingerprint density at radius 1 is 1.11 bits per heavy atom. The molecular formula is C15H20O3. The highest BCUT2D eigenvalue weighted by Crippen LogP contribution is 2.38. The van der Waals surface area contributed by atoms with Gasteiger partial charge in [0.05, 0.1) is 13.7 Å². The predicted molar refractivity (Wildman–Crippen MR) is 73.8 cm³/mol. The van der Waals surface area contributed by atoms with E-state index in [1.54, 1.807) is 13.2 Å². The van der Waals surface area contributed by atoms with Crippen molar-refractivity contribution in [1.82, 2.24) is 0 Å². The summed E-state index contributed by atoms with van der Waals surface area (Å²) in [6.07, 6.45) is 4.19. The van der Waals surface area contributed by atoms with Crippen LogP contribution < -0.4 is 14.2 Å². The minimum Gasteiger partial charge on any atom is -0.493 e. The molecule has 0 atom stereocenters. The van der Waals surface area contributed by atoms with E-state index < -0.39 is 0 Å². The van der Waals surface area contributed by atoms with E-state index in [1.165, 1.54) is 0 Å². The van der Waals surface area contributed by atoms with Gasteiger partial charge in [-0.05, 0) is 25.5 Å². The van der Waals surface area contributed by atoms with Crippen LogP contribution in [0, 0.1) is 0 Å². The van der Waals surface area contributed by atoms with Crippen molar-refractivity contribution in [2.45, 2.75) is 13.3 Å². The van der Waals surface area contributed by atoms with Crippen molar-refractivity contribution in [2.75, 3.05) is 20.3 Å². The van der Waals surface area contributed by atoms with Crippen molar-refractivity contribution in [2.24, 2.45) is 0 Å². The Labute approximate surface area is 109 Å². The lowest BCUT2D eigenvalue weighted by atomic mass is 10.1. The van der Waals surface area contributed by atoms with E-state index in [0.717, 1.165) is 17.1 Å². The van der Waals surface area contributed by atoms with Crippen LogP contribution in [0.5, 0.6) is 17.2 Å². The smallest absolute Gasteiger partial charge is 0.168 e. The molecule has 0 radical (unpaired) electrons. The van der Waals surface area contributed by atoms with Crippen molar-refractivity contribution >= 4 is 0 Å². The molecule has 0 aliphatic heterocycles. The van der Waals surface area contributed by atoms with Crippen molar-refractivity contribution in [1.29, 1.82) is 0 Å². The van der Waals surface area contributed by atoms with Crippen molar-refractivity contribution in [3.05, 3.63) is 43.0 Å². The van der Waals surface area contributed by atoms with Gasteiger partial charge in [-0.1, -0.05) is 18.7 Å². The van der Waals surface area contributed by atoms with Crippen molar-refractivity contribution in [3.8, 4) is 17.2 Å². The van der Waals surface area contributed by atoms with Crippen LogP contribution in [0.2, 0.25) is 0 Å². The lowest BCUT2D eigenvalue weighted by Crippen LogP contribution is -2.03. The molecule has 0 heterocycles. The molecule has 0 N–H and O–H groups in total. The van der Waals surface area contributed by atoms with E-state index in [0.29, 0.717) is 25.4 Å². The minimum absolute atomic E-state index is 0.460. The molecule has 1 aromatic rings. The first-order valence-corrected chi connectivity index (χ1v) is 5.95. The van der Waals surface area contributed by atoms with Crippen LogP contribution in [-0.2, 0) is 6.42 Å². The number of hydrogen-bond acceptors (Lipinski definition) is 3. The zero-order valence-electron chi connectivity index (χ0n) is 11.1. The molecule has 98 valence electrons. The molecule has 18 heavy (non-hydrogen) atoms. The van der Waals surface area contributed by atoms with Crippen LogP contribution in [0.15, 0.2) is 37.4 Å². The molecule has 3 heteroatoms. The summed E-state index contributed by atoms with van der Waals surface area (Å²) in [6, 6.07) is 3.72. The Kier molecular flexibility index (Phi) is 5.85. The van der Waals surface area contributed by atoms with Crippen LogP contribution in [-0.4, -0.2) is 20.3 Å². The highest BCUT2D eigenvalue weighted by molar-refractivity contribution is 5.54. The molecular weight excluding hydrogens is 228 g/mol. The normalized spacial score (nSPS) is 9.67. The zero-order valence-corrected chi connectivity index (χ0v) is 11.1. The summed E-state index contributed by atoms with van der Waals surface area (Å²) in [5.74, 6) is 2.21. The summed E-state index contributed by atoms with van der Waals surface area (Å²) in [4.78, 5) is 0. The Bertz CT molecular complexity index is 410. The van der Waals surface area contributed by atoms with Gasteiger partial charge in [0.1, 0.15) is 12.4 Å². The maximum absolute atomic E-state index is 5.65. The third kappa shape index (κ3) is 3.29. The molecule has 0 amide bonds. The second kappa shape index (κ2) is 7.43. The third-order valence-electron chi connectivity index (χ3n) is 2.40. The fourth-order valence-corrected chi connectivity index (χ4v) is 1.67. The lowest BCUT2D eigenvalue weighted by molar-refractivity contribution is 0.301. The standard InChI is InChI=1S/C15H20O3/c1-5-8-12-13(18-11-6-2)9-10-14(16-4)15(12)17-7-3/h5-6,9-10H,1-2,7-8,11H2,3-4H3. The fourth-order valence-electron chi connectivity index (χ4n) is 1.67. The summed E-state index contributed by atoms with van der Waals surface area (Å²) in [5.41, 5.74) is 0.952. The van der Waals surface area contributed by atoms with E-state index in [9.17, 15) is 0 Å². The highest BCUT2D eigenvalue weighted by Gasteiger charge is 2.15. The average molecular weight is 248 g/mol. The van der Waals surface area contributed by atoms with Gasteiger partial charge in [0.25, 0.3) is 0 Å². The van der Waals surface area contributed by atoms with Crippen molar-refractivity contribution in [3.63, 3.8) is 0 Å². The molecule has 3 nitrogen and oxygen atoms in total. The molecule has 0 bridgehead atoms. The molecule has 0 fully saturated rings. The first kappa shape index (κ1) is 14.2. The largest absolute Gasteiger partial charge is 0.493 e. The lowest BCUT2D eigenvalue weighted by Gasteiger charge is -2.17. The Hall–Kier alpha value is -1.90. The monoisotopic (exact) mass is 248 g/mol. The maximum Gasteiger partial charge on any atom is 0.168 e. The molecule has 1 aromatic carbocycles. The van der Waals surface area contributed by atoms with E-state index in [4.69, 9.17) is 14.2 Å². The topological polar surface area (TPSA) is 27.7 Å². The van der Waals surface area contributed by atoms with Gasteiger partial charge in [0.15, 0.2) is 11.5 Å². The quantitative estimate of drug-likeness (QED) is 0.660. The summed E-state index contributed by atoms with van der Waals surface area (Å²) in [7, 11) is 1.62. The van der Waals surface area contributed by atoms with Crippen LogP contribution in [0.25, 0.3) is 0 Å². The molecule has 0 saturated carbocycles. The van der Waals surface area contributed by atoms with Gasteiger partial charge in [-0.2, -0.15) is 0 Å². The Morgan fingerprint density at radius 2 is 1.83 bits per heavy atom. The number of allylic oxidation sites excluding steroid dienone is 1. The number of methoxy groups -OCH3 is 1. The summed E-state index contributed by atoms with van der Waals surface area (Å²) < 4.78 is 16.6. The van der Waals surface area contributed by atoms with Gasteiger partial charge in [-0.15, -0.1) is 6.58 Å². The van der Waals surface area contributed by atoms with Gasteiger partial charge in [0, 0.05) is 5.56 Å². The molecule has 0 unspecified atom stereocenters. The summed E-state index contributed by atoms with van der Waals surface area (Å²) >= 11 is 0. The average Bonchev–Trinajstić information content (AvgIpc) is 2.39. The summed E-state index contributed by atoms with van der Waals surface area (Å²) in [6.45, 7) is 10.4. The Balaban J connectivity index is 3.21. The maximum atomic E-state index is 5.65. The van der Waals surface area contributed by atoms with Gasteiger partial charge in [-0.25, -0.2) is 0 Å². The number of ether oxygens (including phenoxy) is 3. The Morgan fingerprint density at radius 3 is 2.39 bits per heavy atom. The number of rotatable bonds is 8. The van der Waals surface area contributed by atoms with E-state index >= 15 is 0 Å². The highest BCUT2D eigenvalue weighted by atomic mass is 16.5.